The molecule has 2 bridgehead atoms. The Bertz CT molecular complexity index is 652. The van der Waals surface area contributed by atoms with Crippen molar-refractivity contribution >= 4 is 24.2 Å². The number of hydrogen-bond donors (Lipinski definition) is 2. The smallest absolute Gasteiger partial charge is 0.225 e. The Kier molecular flexibility index (Phi) is 5.88. The van der Waals surface area contributed by atoms with E-state index in [9.17, 15) is 9.59 Å². The van der Waals surface area contributed by atoms with Gasteiger partial charge in [-0.05, 0) is 38.2 Å². The molecule has 4 rings (SSSR count). The Labute approximate surface area is 161 Å². The number of amides is 2. The summed E-state index contributed by atoms with van der Waals surface area (Å²) in [6.07, 6.45) is 4.84. The minimum atomic E-state index is -0.203. The summed E-state index contributed by atoms with van der Waals surface area (Å²) in [5.41, 5.74) is 2.33. The zero-order chi connectivity index (χ0) is 17.4. The third-order valence-corrected chi connectivity index (χ3v) is 5.90. The van der Waals surface area contributed by atoms with Gasteiger partial charge in [-0.25, -0.2) is 0 Å². The molecule has 3 fully saturated rings. The van der Waals surface area contributed by atoms with Crippen LogP contribution in [-0.4, -0.2) is 41.4 Å². The van der Waals surface area contributed by atoms with E-state index < -0.39 is 0 Å². The maximum absolute atomic E-state index is 12.6. The minimum Gasteiger partial charge on any atom is -0.353 e. The lowest BCUT2D eigenvalue weighted by atomic mass is 9.98. The van der Waals surface area contributed by atoms with Gasteiger partial charge in [0.05, 0.1) is 5.92 Å². The van der Waals surface area contributed by atoms with Crippen molar-refractivity contribution in [3.8, 4) is 0 Å². The largest absolute Gasteiger partial charge is 0.353 e. The number of carbonyl (C=O) groups excluding carboxylic acids is 2. The highest BCUT2D eigenvalue weighted by molar-refractivity contribution is 5.89. The molecule has 1 aromatic rings. The maximum atomic E-state index is 12.6. The van der Waals surface area contributed by atoms with Gasteiger partial charge in [0.25, 0.3) is 0 Å². The predicted octanol–water partition coefficient (Wildman–Crippen LogP) is 2.16. The predicted molar refractivity (Wildman–Crippen MR) is 103 cm³/mol. The fourth-order valence-corrected chi connectivity index (χ4v) is 4.51. The lowest BCUT2D eigenvalue weighted by Gasteiger charge is -2.30. The van der Waals surface area contributed by atoms with E-state index in [0.29, 0.717) is 31.6 Å². The Hall–Kier alpha value is -1.59. The van der Waals surface area contributed by atoms with Crippen LogP contribution in [0.4, 0.5) is 0 Å². The number of hydrogen-bond acceptors (Lipinski definition) is 3. The van der Waals surface area contributed by atoms with Gasteiger partial charge in [0.1, 0.15) is 0 Å². The van der Waals surface area contributed by atoms with Crippen LogP contribution < -0.4 is 10.6 Å². The highest BCUT2D eigenvalue weighted by Gasteiger charge is 2.38. The van der Waals surface area contributed by atoms with Crippen LogP contribution in [0.5, 0.6) is 0 Å². The number of nitrogens with one attached hydrogen (secondary N) is 2. The summed E-state index contributed by atoms with van der Waals surface area (Å²) in [7, 11) is 0. The fourth-order valence-electron chi connectivity index (χ4n) is 4.51. The van der Waals surface area contributed by atoms with Gasteiger partial charge < -0.3 is 15.5 Å². The molecule has 0 aromatic heterocycles. The van der Waals surface area contributed by atoms with Gasteiger partial charge in [0.2, 0.25) is 11.8 Å². The van der Waals surface area contributed by atoms with Gasteiger partial charge in [-0.1, -0.05) is 29.8 Å². The molecule has 3 atom stereocenters. The molecule has 142 valence electrons. The molecule has 3 aliphatic heterocycles. The average molecular weight is 378 g/mol. The molecule has 0 spiro atoms. The van der Waals surface area contributed by atoms with E-state index >= 15 is 0 Å². The van der Waals surface area contributed by atoms with Crippen molar-refractivity contribution in [2.24, 2.45) is 5.92 Å². The summed E-state index contributed by atoms with van der Waals surface area (Å²) >= 11 is 0. The highest BCUT2D eigenvalue weighted by Crippen LogP contribution is 2.27. The van der Waals surface area contributed by atoms with Gasteiger partial charge in [0, 0.05) is 37.6 Å². The first kappa shape index (κ1) is 19.2. The molecule has 0 saturated carbocycles. The summed E-state index contributed by atoms with van der Waals surface area (Å²) in [6, 6.07) is 9.63. The topological polar surface area (TPSA) is 61.4 Å². The Morgan fingerprint density at radius 1 is 1.19 bits per heavy atom. The number of piperidine rings is 1. The summed E-state index contributed by atoms with van der Waals surface area (Å²) in [5, 5.41) is 6.81. The molecule has 5 nitrogen and oxygen atoms in total. The number of halogens is 1. The van der Waals surface area contributed by atoms with Crippen LogP contribution in [0.3, 0.4) is 0 Å². The molecule has 3 aliphatic rings. The van der Waals surface area contributed by atoms with Crippen molar-refractivity contribution < 1.29 is 9.59 Å². The van der Waals surface area contributed by atoms with Gasteiger partial charge >= 0.3 is 0 Å². The molecule has 26 heavy (non-hydrogen) atoms. The SMILES string of the molecule is Cc1ccc(CN2CC(C(=O)NC3CC4CCC(C3)N4)CC2=O)cc1.Cl. The van der Waals surface area contributed by atoms with Crippen LogP contribution in [-0.2, 0) is 16.1 Å². The molecule has 2 amide bonds. The Morgan fingerprint density at radius 3 is 2.50 bits per heavy atom. The molecular formula is C20H28ClN3O2. The van der Waals surface area contributed by atoms with E-state index in [0.717, 1.165) is 18.4 Å². The third-order valence-electron chi connectivity index (χ3n) is 5.90. The van der Waals surface area contributed by atoms with E-state index in [1.807, 2.05) is 4.90 Å². The second-order valence-electron chi connectivity index (χ2n) is 7.98. The van der Waals surface area contributed by atoms with E-state index in [4.69, 9.17) is 0 Å². The molecule has 1 aromatic carbocycles. The highest BCUT2D eigenvalue weighted by atomic mass is 35.5. The first-order valence-electron chi connectivity index (χ1n) is 9.46. The Morgan fingerprint density at radius 2 is 1.85 bits per heavy atom. The monoisotopic (exact) mass is 377 g/mol. The Balaban J connectivity index is 0.00000196. The summed E-state index contributed by atoms with van der Waals surface area (Å²) in [5.74, 6) is -0.0531. The van der Waals surface area contributed by atoms with Crippen molar-refractivity contribution in [3.05, 3.63) is 35.4 Å². The molecule has 0 radical (unpaired) electrons. The van der Waals surface area contributed by atoms with Crippen molar-refractivity contribution in [2.75, 3.05) is 6.54 Å². The maximum Gasteiger partial charge on any atom is 0.225 e. The van der Waals surface area contributed by atoms with Crippen LogP contribution in [0.25, 0.3) is 0 Å². The average Bonchev–Trinajstić information content (AvgIpc) is 3.12. The summed E-state index contributed by atoms with van der Waals surface area (Å²) < 4.78 is 0. The lowest BCUT2D eigenvalue weighted by Crippen LogP contribution is -2.49. The molecule has 0 aliphatic carbocycles. The van der Waals surface area contributed by atoms with Crippen molar-refractivity contribution in [1.82, 2.24) is 15.5 Å². The van der Waals surface area contributed by atoms with E-state index in [-0.39, 0.29) is 36.2 Å². The van der Waals surface area contributed by atoms with Crippen molar-refractivity contribution in [2.45, 2.75) is 63.7 Å². The summed E-state index contributed by atoms with van der Waals surface area (Å²) in [6.45, 7) is 3.19. The normalized spacial score (nSPS) is 30.2. The number of rotatable bonds is 4. The van der Waals surface area contributed by atoms with Crippen LogP contribution in [0.2, 0.25) is 0 Å². The van der Waals surface area contributed by atoms with Gasteiger partial charge in [-0.15, -0.1) is 12.4 Å². The van der Waals surface area contributed by atoms with E-state index in [1.165, 1.54) is 18.4 Å². The first-order valence-corrected chi connectivity index (χ1v) is 9.46. The second kappa shape index (κ2) is 7.97. The fraction of sp³-hybridized carbons (Fsp3) is 0.600. The number of nitrogens with zero attached hydrogens (tertiary/aromatic N) is 1. The van der Waals surface area contributed by atoms with Crippen LogP contribution in [0.1, 0.15) is 43.2 Å². The van der Waals surface area contributed by atoms with E-state index in [2.05, 4.69) is 41.8 Å². The minimum absolute atomic E-state index is 0. The van der Waals surface area contributed by atoms with Crippen LogP contribution >= 0.6 is 12.4 Å². The molecule has 2 N–H and O–H groups in total. The van der Waals surface area contributed by atoms with Crippen molar-refractivity contribution in [3.63, 3.8) is 0 Å². The first-order chi connectivity index (χ1) is 12.1. The molecule has 6 heteroatoms. The quantitative estimate of drug-likeness (QED) is 0.845. The van der Waals surface area contributed by atoms with Crippen LogP contribution in [0, 0.1) is 12.8 Å². The molecular weight excluding hydrogens is 350 g/mol. The number of fused-ring (bicyclic) bond motifs is 2. The molecule has 3 unspecified atom stereocenters. The zero-order valence-corrected chi connectivity index (χ0v) is 16.1. The number of aryl methyl sites for hydroxylation is 1. The second-order valence-corrected chi connectivity index (χ2v) is 7.98. The standard InChI is InChI=1S/C20H27N3O2.ClH/c1-13-2-4-14(5-3-13)11-23-12-15(8-19(23)24)20(25)22-18-9-16-6-7-17(10-18)21-16;/h2-5,15-18,21H,6-12H2,1H3,(H,22,25);1H. The van der Waals surface area contributed by atoms with Gasteiger partial charge in [0.15, 0.2) is 0 Å². The van der Waals surface area contributed by atoms with Crippen molar-refractivity contribution in [1.29, 1.82) is 0 Å². The zero-order valence-electron chi connectivity index (χ0n) is 15.2. The van der Waals surface area contributed by atoms with E-state index in [1.54, 1.807) is 0 Å². The van der Waals surface area contributed by atoms with Gasteiger partial charge in [-0.3, -0.25) is 9.59 Å². The number of carbonyl (C=O) groups is 2. The molecule has 3 saturated heterocycles. The third kappa shape index (κ3) is 4.21. The number of likely N-dealkylation sites (tertiary alicyclic amines) is 1. The molecule has 3 heterocycles. The lowest BCUT2D eigenvalue weighted by molar-refractivity contribution is -0.129. The van der Waals surface area contributed by atoms with Gasteiger partial charge in [-0.2, -0.15) is 0 Å². The van der Waals surface area contributed by atoms with Crippen LogP contribution in [0.15, 0.2) is 24.3 Å². The summed E-state index contributed by atoms with van der Waals surface area (Å²) in [4.78, 5) is 26.7. The number of benzene rings is 1.